The van der Waals surface area contributed by atoms with Crippen molar-refractivity contribution in [2.24, 2.45) is 7.05 Å². The number of rotatable bonds is 4. The summed E-state index contributed by atoms with van der Waals surface area (Å²) in [5.41, 5.74) is -0.487. The predicted molar refractivity (Wildman–Crippen MR) is 69.6 cm³/mol. The molecule has 0 fully saturated rings. The van der Waals surface area contributed by atoms with Crippen LogP contribution >= 0.6 is 23.1 Å². The highest BCUT2D eigenvalue weighted by Gasteiger charge is 2.23. The fourth-order valence-electron chi connectivity index (χ4n) is 1.30. The van der Waals surface area contributed by atoms with Gasteiger partial charge in [0, 0.05) is 18.0 Å². The summed E-state index contributed by atoms with van der Waals surface area (Å²) in [6.07, 6.45) is -0.777. The minimum atomic E-state index is -0.777. The molecule has 0 aliphatic rings. The van der Waals surface area contributed by atoms with Crippen LogP contribution in [0.25, 0.3) is 0 Å². The number of aliphatic hydroxyl groups is 1. The van der Waals surface area contributed by atoms with Crippen LogP contribution in [-0.4, -0.2) is 24.8 Å². The molecule has 2 heterocycles. The van der Waals surface area contributed by atoms with Crippen molar-refractivity contribution in [3.8, 4) is 0 Å². The first-order valence-corrected chi connectivity index (χ1v) is 6.79. The first-order valence-electron chi connectivity index (χ1n) is 5.15. The van der Waals surface area contributed by atoms with Crippen molar-refractivity contribution in [2.45, 2.75) is 22.4 Å². The minimum absolute atomic E-state index is 0.0960. The molecule has 0 amide bonds. The molecule has 10 heteroatoms. The van der Waals surface area contributed by atoms with E-state index in [4.69, 9.17) is 0 Å². The molecule has 2 aromatic heterocycles. The normalized spacial score (nSPS) is 12.6. The van der Waals surface area contributed by atoms with Gasteiger partial charge in [-0.1, -0.05) is 0 Å². The maximum Gasteiger partial charge on any atom is 0.343 e. The van der Waals surface area contributed by atoms with Crippen LogP contribution in [0.4, 0.5) is 5.69 Å². The van der Waals surface area contributed by atoms with E-state index in [9.17, 15) is 20.0 Å². The minimum Gasteiger partial charge on any atom is -0.388 e. The summed E-state index contributed by atoms with van der Waals surface area (Å²) in [7, 11) is 1.52. The van der Waals surface area contributed by atoms with Crippen molar-refractivity contribution < 1.29 is 10.0 Å². The Kier molecular flexibility index (Phi) is 3.73. The van der Waals surface area contributed by atoms with Crippen LogP contribution in [0.3, 0.4) is 0 Å². The van der Waals surface area contributed by atoms with E-state index < -0.39 is 16.7 Å². The molecular formula is C9H10N4O4S2. The molecule has 1 atom stereocenters. The zero-order valence-corrected chi connectivity index (χ0v) is 11.6. The average Bonchev–Trinajstić information content (AvgIpc) is 2.88. The van der Waals surface area contributed by atoms with Gasteiger partial charge >= 0.3 is 5.69 Å². The number of hydrogen-bond donors (Lipinski definition) is 2. The number of nitro groups is 1. The zero-order valence-electron chi connectivity index (χ0n) is 9.98. The zero-order chi connectivity index (χ0) is 14.2. The largest absolute Gasteiger partial charge is 0.388 e. The summed E-state index contributed by atoms with van der Waals surface area (Å²) in [5, 5.41) is 26.8. The molecule has 0 saturated carbocycles. The number of aromatic nitrogens is 3. The number of nitrogens with zero attached hydrogens (tertiary/aromatic N) is 3. The Labute approximate surface area is 115 Å². The third kappa shape index (κ3) is 2.69. The Balaban J connectivity index is 2.41. The van der Waals surface area contributed by atoms with Gasteiger partial charge in [0.15, 0.2) is 5.16 Å². The molecular weight excluding hydrogens is 292 g/mol. The Hall–Kier alpha value is -1.65. The number of nitrogens with one attached hydrogen (secondary N) is 1. The molecule has 1 unspecified atom stereocenters. The lowest BCUT2D eigenvalue weighted by Crippen LogP contribution is -2.12. The first-order chi connectivity index (χ1) is 8.90. The van der Waals surface area contributed by atoms with Gasteiger partial charge in [-0.3, -0.25) is 14.7 Å². The maximum absolute atomic E-state index is 11.2. The predicted octanol–water partition coefficient (Wildman–Crippen LogP) is 1.28. The highest BCUT2D eigenvalue weighted by atomic mass is 32.2. The van der Waals surface area contributed by atoms with Gasteiger partial charge in [-0.05, 0) is 18.7 Å². The van der Waals surface area contributed by atoms with E-state index in [-0.39, 0.29) is 5.69 Å². The Morgan fingerprint density at radius 2 is 2.37 bits per heavy atom. The molecule has 102 valence electrons. The molecule has 0 saturated heterocycles. The van der Waals surface area contributed by atoms with Crippen LogP contribution in [0.5, 0.6) is 0 Å². The van der Waals surface area contributed by atoms with E-state index in [2.05, 4.69) is 10.2 Å². The molecule has 2 rings (SSSR count). The van der Waals surface area contributed by atoms with E-state index in [1.165, 1.54) is 24.6 Å². The van der Waals surface area contributed by atoms with E-state index >= 15 is 0 Å². The molecule has 2 aromatic rings. The second-order valence-electron chi connectivity index (χ2n) is 3.73. The summed E-state index contributed by atoms with van der Waals surface area (Å²) in [6, 6.07) is 1.34. The van der Waals surface area contributed by atoms with Gasteiger partial charge in [0.2, 0.25) is 0 Å². The summed E-state index contributed by atoms with van der Waals surface area (Å²) in [5.74, 6) is 0. The molecule has 0 radical (unpaired) electrons. The van der Waals surface area contributed by atoms with Gasteiger partial charge < -0.3 is 5.11 Å². The van der Waals surface area contributed by atoms with Crippen LogP contribution in [0, 0.1) is 10.1 Å². The molecule has 0 bridgehead atoms. The van der Waals surface area contributed by atoms with Crippen LogP contribution < -0.4 is 5.69 Å². The lowest BCUT2D eigenvalue weighted by molar-refractivity contribution is -0.387. The molecule has 0 aromatic carbocycles. The summed E-state index contributed by atoms with van der Waals surface area (Å²) in [6.45, 7) is 1.54. The summed E-state index contributed by atoms with van der Waals surface area (Å²) >= 11 is 2.13. The third-order valence-corrected chi connectivity index (χ3v) is 4.86. The van der Waals surface area contributed by atoms with Crippen LogP contribution in [0.1, 0.15) is 17.9 Å². The van der Waals surface area contributed by atoms with E-state index in [1.807, 2.05) is 0 Å². The molecule has 2 N–H and O–H groups in total. The van der Waals surface area contributed by atoms with Crippen LogP contribution in [0.2, 0.25) is 0 Å². The van der Waals surface area contributed by atoms with Gasteiger partial charge in [-0.2, -0.15) is 0 Å². The fourth-order valence-corrected chi connectivity index (χ4v) is 3.48. The molecule has 8 nitrogen and oxygen atoms in total. The second kappa shape index (κ2) is 5.15. The number of hydrogen-bond acceptors (Lipinski definition) is 7. The highest BCUT2D eigenvalue weighted by molar-refractivity contribution is 8.01. The fraction of sp³-hybridized carbons (Fsp3) is 0.333. The topological polar surface area (TPSA) is 114 Å². The maximum atomic E-state index is 11.2. The highest BCUT2D eigenvalue weighted by Crippen LogP contribution is 2.42. The van der Waals surface area contributed by atoms with Gasteiger partial charge in [0.25, 0.3) is 5.69 Å². The van der Waals surface area contributed by atoms with Crippen molar-refractivity contribution in [1.29, 1.82) is 0 Å². The van der Waals surface area contributed by atoms with Crippen molar-refractivity contribution in [3.63, 3.8) is 0 Å². The number of thiophene rings is 1. The smallest absolute Gasteiger partial charge is 0.343 e. The molecule has 0 aliphatic heterocycles. The van der Waals surface area contributed by atoms with E-state index in [1.54, 1.807) is 0 Å². The Bertz CT molecular complexity index is 672. The van der Waals surface area contributed by atoms with Crippen molar-refractivity contribution >= 4 is 28.8 Å². The van der Waals surface area contributed by atoms with E-state index in [0.29, 0.717) is 14.2 Å². The second-order valence-corrected chi connectivity index (χ2v) is 6.05. The monoisotopic (exact) mass is 302 g/mol. The Morgan fingerprint density at radius 1 is 1.68 bits per heavy atom. The van der Waals surface area contributed by atoms with Crippen LogP contribution in [-0.2, 0) is 7.05 Å². The summed E-state index contributed by atoms with van der Waals surface area (Å²) < 4.78 is 1.64. The van der Waals surface area contributed by atoms with Crippen LogP contribution in [0.15, 0.2) is 20.2 Å². The summed E-state index contributed by atoms with van der Waals surface area (Å²) in [4.78, 5) is 22.2. The van der Waals surface area contributed by atoms with Gasteiger partial charge in [-0.25, -0.2) is 9.89 Å². The van der Waals surface area contributed by atoms with Gasteiger partial charge in [-0.15, -0.1) is 16.4 Å². The third-order valence-electron chi connectivity index (χ3n) is 2.33. The number of H-pyrrole nitrogens is 1. The molecule has 0 spiro atoms. The van der Waals surface area contributed by atoms with Gasteiger partial charge in [0.1, 0.15) is 4.21 Å². The molecule has 0 aliphatic carbocycles. The molecule has 19 heavy (non-hydrogen) atoms. The Morgan fingerprint density at radius 3 is 2.84 bits per heavy atom. The average molecular weight is 302 g/mol. The quantitative estimate of drug-likeness (QED) is 0.649. The number of aliphatic hydroxyl groups excluding tert-OH is 1. The van der Waals surface area contributed by atoms with Gasteiger partial charge in [0.05, 0.1) is 11.0 Å². The van der Waals surface area contributed by atoms with Crippen molar-refractivity contribution in [3.05, 3.63) is 31.5 Å². The SMILES string of the molecule is CC(O)c1cc([N+](=O)[O-])c(Sc2n[nH]c(=O)n2C)s1. The van der Waals surface area contributed by atoms with Crippen molar-refractivity contribution in [1.82, 2.24) is 14.8 Å². The number of aromatic amines is 1. The lowest BCUT2D eigenvalue weighted by atomic mass is 10.3. The standard InChI is InChI=1S/C9H10N4O4S2/c1-4(14)6-3-5(13(16)17)7(18-6)19-9-11-10-8(15)12(9)2/h3-4,14H,1-2H3,(H,10,15). The lowest BCUT2D eigenvalue weighted by Gasteiger charge is -1.97. The van der Waals surface area contributed by atoms with E-state index in [0.717, 1.165) is 23.1 Å². The first kappa shape index (κ1) is 13.8. The van der Waals surface area contributed by atoms with Crippen molar-refractivity contribution in [2.75, 3.05) is 0 Å².